The van der Waals surface area contributed by atoms with Crippen molar-refractivity contribution >= 4 is 17.9 Å². The van der Waals surface area contributed by atoms with Crippen molar-refractivity contribution in [3.63, 3.8) is 0 Å². The van der Waals surface area contributed by atoms with Crippen LogP contribution in [0.1, 0.15) is 34.1 Å². The van der Waals surface area contributed by atoms with Gasteiger partial charge in [-0.15, -0.1) is 0 Å². The van der Waals surface area contributed by atoms with E-state index in [2.05, 4.69) is 0 Å². The second kappa shape index (κ2) is 8.47. The minimum absolute atomic E-state index is 0.343. The summed E-state index contributed by atoms with van der Waals surface area (Å²) in [6, 6.07) is 0. The van der Waals surface area contributed by atoms with Gasteiger partial charge in [-0.25, -0.2) is 0 Å². The van der Waals surface area contributed by atoms with E-state index in [1.54, 1.807) is 6.92 Å². The van der Waals surface area contributed by atoms with Gasteiger partial charge in [-0.1, -0.05) is 6.92 Å². The summed E-state index contributed by atoms with van der Waals surface area (Å²) < 4.78 is 14.9. The van der Waals surface area contributed by atoms with Crippen LogP contribution in [0.2, 0.25) is 0 Å². The quantitative estimate of drug-likeness (QED) is 0.523. The van der Waals surface area contributed by atoms with Crippen molar-refractivity contribution < 1.29 is 33.7 Å². The first-order chi connectivity index (χ1) is 8.81. The molecule has 0 radical (unpaired) electrons. The summed E-state index contributed by atoms with van der Waals surface area (Å²) in [6.45, 7) is 4.73. The monoisotopic (exact) mass is 276 g/mol. The highest BCUT2D eigenvalue weighted by Gasteiger charge is 2.35. The van der Waals surface area contributed by atoms with E-state index < -0.39 is 42.8 Å². The number of hydrogen-bond acceptors (Lipinski definition) is 7. The van der Waals surface area contributed by atoms with Crippen LogP contribution in [-0.4, -0.2) is 47.9 Å². The minimum Gasteiger partial charge on any atom is -0.458 e. The molecule has 3 atom stereocenters. The highest BCUT2D eigenvalue weighted by Crippen LogP contribution is 2.16. The zero-order chi connectivity index (χ0) is 15.0. The lowest BCUT2D eigenvalue weighted by atomic mass is 10.1. The van der Waals surface area contributed by atoms with E-state index in [-0.39, 0.29) is 0 Å². The second-order valence-electron chi connectivity index (χ2n) is 3.96. The van der Waals surface area contributed by atoms with Gasteiger partial charge in [0.1, 0.15) is 6.10 Å². The molecule has 7 heteroatoms. The van der Waals surface area contributed by atoms with Gasteiger partial charge in [0.15, 0.2) is 12.2 Å². The molecule has 0 aliphatic heterocycles. The molecule has 0 saturated heterocycles. The van der Waals surface area contributed by atoms with Crippen molar-refractivity contribution in [2.45, 2.75) is 52.4 Å². The summed E-state index contributed by atoms with van der Waals surface area (Å²) in [7, 11) is 0. The molecule has 19 heavy (non-hydrogen) atoms. The van der Waals surface area contributed by atoms with Crippen LogP contribution in [-0.2, 0) is 28.6 Å². The van der Waals surface area contributed by atoms with Crippen LogP contribution in [0.4, 0.5) is 0 Å². The van der Waals surface area contributed by atoms with E-state index >= 15 is 0 Å². The second-order valence-corrected chi connectivity index (χ2v) is 3.96. The van der Waals surface area contributed by atoms with Gasteiger partial charge in [-0.2, -0.15) is 0 Å². The number of ether oxygens (including phenoxy) is 3. The van der Waals surface area contributed by atoms with Crippen molar-refractivity contribution in [2.24, 2.45) is 0 Å². The van der Waals surface area contributed by atoms with Gasteiger partial charge < -0.3 is 19.3 Å². The fourth-order valence-electron chi connectivity index (χ4n) is 1.60. The Balaban J connectivity index is 5.06. The first-order valence-electron chi connectivity index (χ1n) is 5.94. The van der Waals surface area contributed by atoms with Crippen LogP contribution >= 0.6 is 0 Å². The molecular formula is C12H20O7. The van der Waals surface area contributed by atoms with E-state index in [0.29, 0.717) is 6.42 Å². The van der Waals surface area contributed by atoms with Crippen molar-refractivity contribution in [1.29, 1.82) is 0 Å². The largest absolute Gasteiger partial charge is 0.458 e. The average Bonchev–Trinajstić information content (AvgIpc) is 2.29. The third-order valence-corrected chi connectivity index (χ3v) is 2.25. The Bertz CT molecular complexity index is 302. The molecule has 0 fully saturated rings. The van der Waals surface area contributed by atoms with Crippen molar-refractivity contribution in [3.8, 4) is 0 Å². The van der Waals surface area contributed by atoms with Crippen LogP contribution in [0.25, 0.3) is 0 Å². The predicted octanol–water partition coefficient (Wildman–Crippen LogP) is 0.184. The SMILES string of the molecule is CC[C@@H](OC(C)=O)[C@@H](OC(C)=O)[C@@H](CO)OC(C)=O. The maximum atomic E-state index is 11.1. The van der Waals surface area contributed by atoms with Gasteiger partial charge in [-0.05, 0) is 6.42 Å². The summed E-state index contributed by atoms with van der Waals surface area (Å²) in [5.41, 5.74) is 0. The molecule has 0 amide bonds. The minimum atomic E-state index is -1.08. The molecule has 0 saturated carbocycles. The smallest absolute Gasteiger partial charge is 0.303 e. The summed E-state index contributed by atoms with van der Waals surface area (Å²) in [5, 5.41) is 9.23. The summed E-state index contributed by atoms with van der Waals surface area (Å²) in [6.07, 6.45) is -2.57. The summed E-state index contributed by atoms with van der Waals surface area (Å²) >= 11 is 0. The summed E-state index contributed by atoms with van der Waals surface area (Å²) in [5.74, 6) is -1.81. The van der Waals surface area contributed by atoms with Crippen LogP contribution in [0.15, 0.2) is 0 Å². The van der Waals surface area contributed by atoms with Gasteiger partial charge in [0.25, 0.3) is 0 Å². The van der Waals surface area contributed by atoms with Crippen LogP contribution < -0.4 is 0 Å². The Labute approximate surface area is 111 Å². The molecule has 0 aromatic carbocycles. The van der Waals surface area contributed by atoms with E-state index in [0.717, 1.165) is 0 Å². The first kappa shape index (κ1) is 17.4. The molecule has 0 rings (SSSR count). The lowest BCUT2D eigenvalue weighted by Gasteiger charge is -2.30. The highest BCUT2D eigenvalue weighted by atomic mass is 16.6. The molecule has 0 bridgehead atoms. The Kier molecular flexibility index (Phi) is 7.74. The average molecular weight is 276 g/mol. The van der Waals surface area contributed by atoms with Gasteiger partial charge in [0, 0.05) is 20.8 Å². The number of esters is 3. The molecule has 0 heterocycles. The fraction of sp³-hybridized carbons (Fsp3) is 0.750. The third kappa shape index (κ3) is 6.76. The van der Waals surface area contributed by atoms with Gasteiger partial charge >= 0.3 is 17.9 Å². The molecule has 110 valence electrons. The molecule has 0 aromatic rings. The normalized spacial score (nSPS) is 15.0. The number of aliphatic hydroxyl groups excluding tert-OH is 1. The van der Waals surface area contributed by atoms with Crippen LogP contribution in [0.5, 0.6) is 0 Å². The van der Waals surface area contributed by atoms with E-state index in [9.17, 15) is 19.5 Å². The Morgan fingerprint density at radius 2 is 1.32 bits per heavy atom. The zero-order valence-corrected chi connectivity index (χ0v) is 11.5. The van der Waals surface area contributed by atoms with Crippen molar-refractivity contribution in [1.82, 2.24) is 0 Å². The number of carbonyl (C=O) groups excluding carboxylic acids is 3. The van der Waals surface area contributed by atoms with Crippen molar-refractivity contribution in [3.05, 3.63) is 0 Å². The molecule has 1 N–H and O–H groups in total. The predicted molar refractivity (Wildman–Crippen MR) is 64.0 cm³/mol. The lowest BCUT2D eigenvalue weighted by Crippen LogP contribution is -2.46. The fourth-order valence-corrected chi connectivity index (χ4v) is 1.60. The summed E-state index contributed by atoms with van der Waals surface area (Å²) in [4.78, 5) is 33.0. The van der Waals surface area contributed by atoms with E-state index in [4.69, 9.17) is 14.2 Å². The highest BCUT2D eigenvalue weighted by molar-refractivity contribution is 5.68. The topological polar surface area (TPSA) is 99.1 Å². The van der Waals surface area contributed by atoms with Crippen molar-refractivity contribution in [2.75, 3.05) is 6.61 Å². The molecule has 7 nitrogen and oxygen atoms in total. The van der Waals surface area contributed by atoms with Gasteiger partial charge in [-0.3, -0.25) is 14.4 Å². The molecule has 0 unspecified atom stereocenters. The first-order valence-corrected chi connectivity index (χ1v) is 5.94. The molecule has 0 aromatic heterocycles. The van der Waals surface area contributed by atoms with Crippen LogP contribution in [0.3, 0.4) is 0 Å². The van der Waals surface area contributed by atoms with E-state index in [1.165, 1.54) is 20.8 Å². The lowest BCUT2D eigenvalue weighted by molar-refractivity contribution is -0.186. The number of carbonyl (C=O) groups is 3. The maximum absolute atomic E-state index is 11.1. The maximum Gasteiger partial charge on any atom is 0.303 e. The molecule has 0 aliphatic rings. The molecule has 0 aliphatic carbocycles. The third-order valence-electron chi connectivity index (χ3n) is 2.25. The number of aliphatic hydroxyl groups is 1. The Morgan fingerprint density at radius 1 is 0.895 bits per heavy atom. The Morgan fingerprint density at radius 3 is 1.63 bits per heavy atom. The molecular weight excluding hydrogens is 256 g/mol. The van der Waals surface area contributed by atoms with Gasteiger partial charge in [0.05, 0.1) is 6.61 Å². The number of hydrogen-bond donors (Lipinski definition) is 1. The zero-order valence-electron chi connectivity index (χ0n) is 11.5. The number of rotatable bonds is 7. The Hall–Kier alpha value is -1.63. The van der Waals surface area contributed by atoms with Crippen LogP contribution in [0, 0.1) is 0 Å². The standard InChI is InChI=1S/C12H20O7/c1-5-10(17-7(2)14)12(19-9(4)16)11(6-13)18-8(3)15/h10-13H,5-6H2,1-4H3/t10-,11-,12-/m1/s1. The van der Waals surface area contributed by atoms with Gasteiger partial charge in [0.2, 0.25) is 0 Å². The molecule has 0 spiro atoms. The van der Waals surface area contributed by atoms with E-state index in [1.807, 2.05) is 0 Å².